The molecule has 2 fully saturated rings. The van der Waals surface area contributed by atoms with Gasteiger partial charge in [-0.3, -0.25) is 0 Å². The molecule has 1 aliphatic carbocycles. The number of carbonyl (C=O) groups excluding carboxylic acids is 2. The Kier molecular flexibility index (Phi) is 5.61. The Morgan fingerprint density at radius 3 is 2.60 bits per heavy atom. The van der Waals surface area contributed by atoms with Crippen LogP contribution in [0.25, 0.3) is 0 Å². The summed E-state index contributed by atoms with van der Waals surface area (Å²) in [5.41, 5.74) is 1.92. The topological polar surface area (TPSA) is 58.6 Å². The number of nitrogens with zero attached hydrogens (tertiary/aromatic N) is 1. The van der Waals surface area contributed by atoms with Crippen LogP contribution in [0.4, 0.5) is 10.5 Å². The van der Waals surface area contributed by atoms with Gasteiger partial charge < -0.3 is 15.0 Å². The first-order valence-corrected chi connectivity index (χ1v) is 9.37. The minimum Gasteiger partial charge on any atom is -0.465 e. The zero-order valence-corrected chi connectivity index (χ0v) is 15.2. The van der Waals surface area contributed by atoms with Crippen molar-refractivity contribution in [2.75, 3.05) is 19.0 Å². The number of ether oxygens (including phenoxy) is 1. The molecule has 1 saturated carbocycles. The van der Waals surface area contributed by atoms with Crippen LogP contribution in [0.1, 0.15) is 60.9 Å². The minimum absolute atomic E-state index is 0.0433. The van der Waals surface area contributed by atoms with Crippen molar-refractivity contribution in [1.29, 1.82) is 0 Å². The molecule has 5 nitrogen and oxygen atoms in total. The molecule has 0 spiro atoms. The molecule has 0 aromatic heterocycles. The van der Waals surface area contributed by atoms with Crippen LogP contribution in [0.5, 0.6) is 0 Å². The maximum Gasteiger partial charge on any atom is 0.338 e. The minimum atomic E-state index is -0.380. The second kappa shape index (κ2) is 7.89. The van der Waals surface area contributed by atoms with E-state index in [-0.39, 0.29) is 12.0 Å². The number of hydrogen-bond donors (Lipinski definition) is 1. The highest BCUT2D eigenvalue weighted by atomic mass is 16.5. The van der Waals surface area contributed by atoms with Crippen molar-refractivity contribution >= 4 is 17.7 Å². The molecule has 0 radical (unpaired) electrons. The lowest BCUT2D eigenvalue weighted by atomic mass is 9.83. The quantitative estimate of drug-likeness (QED) is 0.829. The third-order valence-corrected chi connectivity index (χ3v) is 5.73. The highest BCUT2D eigenvalue weighted by molar-refractivity contribution is 5.96. The molecular weight excluding hydrogens is 316 g/mol. The molecule has 2 aliphatic rings. The normalized spacial score (nSPS) is 21.2. The fourth-order valence-electron chi connectivity index (χ4n) is 4.34. The van der Waals surface area contributed by atoms with Gasteiger partial charge in [-0.05, 0) is 56.2 Å². The van der Waals surface area contributed by atoms with Crippen LogP contribution < -0.4 is 5.32 Å². The molecule has 1 saturated heterocycles. The first kappa shape index (κ1) is 17.8. The van der Waals surface area contributed by atoms with Crippen LogP contribution in [-0.2, 0) is 4.74 Å². The van der Waals surface area contributed by atoms with Gasteiger partial charge in [-0.1, -0.05) is 25.3 Å². The Bertz CT molecular complexity index is 638. The molecule has 1 aromatic rings. The van der Waals surface area contributed by atoms with Gasteiger partial charge in [0.15, 0.2) is 0 Å². The van der Waals surface area contributed by atoms with E-state index in [1.54, 1.807) is 12.1 Å². The van der Waals surface area contributed by atoms with Crippen molar-refractivity contribution in [3.05, 3.63) is 29.3 Å². The Balaban J connectivity index is 1.72. The van der Waals surface area contributed by atoms with Crippen molar-refractivity contribution in [1.82, 2.24) is 4.90 Å². The molecule has 1 aromatic carbocycles. The summed E-state index contributed by atoms with van der Waals surface area (Å²) in [6.07, 6.45) is 8.58. The second-order valence-electron chi connectivity index (χ2n) is 7.20. The van der Waals surface area contributed by atoms with Crippen molar-refractivity contribution in [3.63, 3.8) is 0 Å². The number of nitrogens with one attached hydrogen (secondary N) is 1. The standard InChI is InChI=1S/C20H28N2O3/c1-14-16(19(23)25-2)10-6-11-17(14)21-20(24)22-13-7-12-18(22)15-8-4-3-5-9-15/h6,10-11,15,18H,3-5,7-9,12-13H2,1-2H3,(H,21,24). The largest absolute Gasteiger partial charge is 0.465 e. The molecular formula is C20H28N2O3. The molecule has 25 heavy (non-hydrogen) atoms. The lowest BCUT2D eigenvalue weighted by molar-refractivity contribution is 0.0600. The Morgan fingerprint density at radius 1 is 1.12 bits per heavy atom. The SMILES string of the molecule is COC(=O)c1cccc(NC(=O)N2CCCC2C2CCCCC2)c1C. The van der Waals surface area contributed by atoms with E-state index in [1.165, 1.54) is 39.2 Å². The number of urea groups is 1. The van der Waals surface area contributed by atoms with Crippen LogP contribution in [0.2, 0.25) is 0 Å². The van der Waals surface area contributed by atoms with E-state index < -0.39 is 0 Å². The van der Waals surface area contributed by atoms with Gasteiger partial charge >= 0.3 is 12.0 Å². The second-order valence-corrected chi connectivity index (χ2v) is 7.20. The number of rotatable bonds is 3. The lowest BCUT2D eigenvalue weighted by Gasteiger charge is -2.34. The fourth-order valence-corrected chi connectivity index (χ4v) is 4.34. The van der Waals surface area contributed by atoms with Gasteiger partial charge in [0.1, 0.15) is 0 Å². The number of esters is 1. The zero-order valence-electron chi connectivity index (χ0n) is 15.2. The van der Waals surface area contributed by atoms with Crippen molar-refractivity contribution < 1.29 is 14.3 Å². The summed E-state index contributed by atoms with van der Waals surface area (Å²) in [6.45, 7) is 2.66. The van der Waals surface area contributed by atoms with Crippen LogP contribution >= 0.6 is 0 Å². The number of hydrogen-bond acceptors (Lipinski definition) is 3. The van der Waals surface area contributed by atoms with Crippen LogP contribution in [-0.4, -0.2) is 36.6 Å². The third-order valence-electron chi connectivity index (χ3n) is 5.73. The third kappa shape index (κ3) is 3.80. The molecule has 5 heteroatoms. The van der Waals surface area contributed by atoms with Crippen molar-refractivity contribution in [2.24, 2.45) is 5.92 Å². The number of carbonyl (C=O) groups is 2. The predicted octanol–water partition coefficient (Wildman–Crippen LogP) is 4.36. The van der Waals surface area contributed by atoms with Crippen molar-refractivity contribution in [2.45, 2.75) is 57.9 Å². The van der Waals surface area contributed by atoms with Gasteiger partial charge in [0.05, 0.1) is 12.7 Å². The van der Waals surface area contributed by atoms with Crippen LogP contribution in [0, 0.1) is 12.8 Å². The Labute approximate surface area is 149 Å². The van der Waals surface area contributed by atoms with Gasteiger partial charge in [0.25, 0.3) is 0 Å². The summed E-state index contributed by atoms with van der Waals surface area (Å²) in [7, 11) is 1.37. The monoisotopic (exact) mass is 344 g/mol. The zero-order chi connectivity index (χ0) is 17.8. The van der Waals surface area contributed by atoms with E-state index in [0.29, 0.717) is 23.2 Å². The number of likely N-dealkylation sites (tertiary alicyclic amines) is 1. The molecule has 1 atom stereocenters. The van der Waals surface area contributed by atoms with E-state index in [2.05, 4.69) is 5.32 Å². The highest BCUT2D eigenvalue weighted by Crippen LogP contribution is 2.34. The average Bonchev–Trinajstić information content (AvgIpc) is 3.13. The maximum absolute atomic E-state index is 12.9. The van der Waals surface area contributed by atoms with E-state index in [1.807, 2.05) is 17.9 Å². The van der Waals surface area contributed by atoms with Crippen LogP contribution in [0.3, 0.4) is 0 Å². The summed E-state index contributed by atoms with van der Waals surface area (Å²) >= 11 is 0. The summed E-state index contributed by atoms with van der Waals surface area (Å²) in [4.78, 5) is 26.7. The predicted molar refractivity (Wildman–Crippen MR) is 97.8 cm³/mol. The first-order valence-electron chi connectivity index (χ1n) is 9.37. The van der Waals surface area contributed by atoms with E-state index >= 15 is 0 Å². The smallest absolute Gasteiger partial charge is 0.338 e. The molecule has 136 valence electrons. The number of amides is 2. The number of benzene rings is 1. The Hall–Kier alpha value is -2.04. The Morgan fingerprint density at radius 2 is 1.88 bits per heavy atom. The number of anilines is 1. The van der Waals surface area contributed by atoms with Crippen molar-refractivity contribution in [3.8, 4) is 0 Å². The van der Waals surface area contributed by atoms with Gasteiger partial charge in [-0.25, -0.2) is 9.59 Å². The molecule has 1 aliphatic heterocycles. The molecule has 3 rings (SSSR count). The summed E-state index contributed by atoms with van der Waals surface area (Å²) in [6, 6.07) is 5.66. The first-order chi connectivity index (χ1) is 12.1. The average molecular weight is 344 g/mol. The molecule has 2 amide bonds. The highest BCUT2D eigenvalue weighted by Gasteiger charge is 2.35. The fraction of sp³-hybridized carbons (Fsp3) is 0.600. The van der Waals surface area contributed by atoms with E-state index in [0.717, 1.165) is 24.9 Å². The van der Waals surface area contributed by atoms with Crippen LogP contribution in [0.15, 0.2) is 18.2 Å². The summed E-state index contributed by atoms with van der Waals surface area (Å²) in [5, 5.41) is 3.02. The maximum atomic E-state index is 12.9. The number of methoxy groups -OCH3 is 1. The molecule has 1 heterocycles. The van der Waals surface area contributed by atoms with E-state index in [9.17, 15) is 9.59 Å². The van der Waals surface area contributed by atoms with Gasteiger partial charge in [-0.2, -0.15) is 0 Å². The van der Waals surface area contributed by atoms with Gasteiger partial charge in [0.2, 0.25) is 0 Å². The summed E-state index contributed by atoms with van der Waals surface area (Å²) in [5.74, 6) is 0.263. The molecule has 0 bridgehead atoms. The van der Waals surface area contributed by atoms with Gasteiger partial charge in [-0.15, -0.1) is 0 Å². The lowest BCUT2D eigenvalue weighted by Crippen LogP contribution is -2.43. The van der Waals surface area contributed by atoms with E-state index in [4.69, 9.17) is 4.74 Å². The molecule has 1 N–H and O–H groups in total. The summed E-state index contributed by atoms with van der Waals surface area (Å²) < 4.78 is 4.81. The molecule has 1 unspecified atom stereocenters. The van der Waals surface area contributed by atoms with Gasteiger partial charge in [0, 0.05) is 18.3 Å².